The molecule has 2 N–H and O–H groups in total. The third-order valence-corrected chi connectivity index (χ3v) is 5.14. The zero-order valence-corrected chi connectivity index (χ0v) is 17.0. The first kappa shape index (κ1) is 20.7. The van der Waals surface area contributed by atoms with E-state index in [1.54, 1.807) is 25.2 Å². The Kier molecular flexibility index (Phi) is 6.08. The summed E-state index contributed by atoms with van der Waals surface area (Å²) in [4.78, 5) is 34.4. The summed E-state index contributed by atoms with van der Waals surface area (Å²) >= 11 is 0. The van der Waals surface area contributed by atoms with Crippen molar-refractivity contribution in [3.05, 3.63) is 75.7 Å². The Bertz CT molecular complexity index is 1100. The Morgan fingerprint density at radius 1 is 1.26 bits per heavy atom. The molecule has 10 heteroatoms. The topological polar surface area (TPSA) is 105 Å². The maximum Gasteiger partial charge on any atom is 0.270 e. The summed E-state index contributed by atoms with van der Waals surface area (Å²) in [5, 5.41) is 6.98. The molecule has 0 saturated carbocycles. The number of H-pyrrole nitrogens is 1. The molecule has 162 valence electrons. The van der Waals surface area contributed by atoms with Crippen molar-refractivity contribution in [2.75, 3.05) is 31.2 Å². The van der Waals surface area contributed by atoms with Crippen LogP contribution >= 0.6 is 0 Å². The van der Waals surface area contributed by atoms with Gasteiger partial charge in [-0.25, -0.2) is 9.37 Å². The highest BCUT2D eigenvalue weighted by atomic mass is 19.1. The Hall–Kier alpha value is -3.53. The maximum absolute atomic E-state index is 13.5. The van der Waals surface area contributed by atoms with Crippen LogP contribution < -0.4 is 15.8 Å². The van der Waals surface area contributed by atoms with Crippen LogP contribution in [0, 0.1) is 5.82 Å². The zero-order valence-electron chi connectivity index (χ0n) is 17.0. The Labute approximate surface area is 177 Å². The first-order chi connectivity index (χ1) is 15.0. The molecular weight excluding hydrogens is 403 g/mol. The van der Waals surface area contributed by atoms with Crippen LogP contribution in [-0.4, -0.2) is 52.0 Å². The van der Waals surface area contributed by atoms with E-state index in [2.05, 4.69) is 20.4 Å². The summed E-state index contributed by atoms with van der Waals surface area (Å²) in [5.41, 5.74) is 1.33. The SMILES string of the molecule is Cn1nccc1C(=O)N[C@H](Cc1cc(=O)[nH]c(N2CCOCC2)n1)c1ccc(F)cc1. The predicted octanol–water partition coefficient (Wildman–Crippen LogP) is 1.19. The van der Waals surface area contributed by atoms with Gasteiger partial charge in [-0.15, -0.1) is 0 Å². The summed E-state index contributed by atoms with van der Waals surface area (Å²) in [6, 6.07) is 8.40. The monoisotopic (exact) mass is 426 g/mol. The highest BCUT2D eigenvalue weighted by Crippen LogP contribution is 2.20. The van der Waals surface area contributed by atoms with Crippen LogP contribution in [0.25, 0.3) is 0 Å². The molecule has 1 fully saturated rings. The molecule has 4 rings (SSSR count). The molecule has 2 aromatic heterocycles. The molecule has 1 amide bonds. The van der Waals surface area contributed by atoms with E-state index in [4.69, 9.17) is 4.74 Å². The molecule has 1 aliphatic rings. The van der Waals surface area contributed by atoms with Crippen molar-refractivity contribution in [2.24, 2.45) is 7.05 Å². The summed E-state index contributed by atoms with van der Waals surface area (Å²) in [5.74, 6) is -0.224. The highest BCUT2D eigenvalue weighted by molar-refractivity contribution is 5.92. The Balaban J connectivity index is 1.62. The van der Waals surface area contributed by atoms with E-state index >= 15 is 0 Å². The Morgan fingerprint density at radius 3 is 2.68 bits per heavy atom. The Morgan fingerprint density at radius 2 is 2.00 bits per heavy atom. The number of benzene rings is 1. The van der Waals surface area contributed by atoms with Crippen LogP contribution in [0.15, 0.2) is 47.4 Å². The lowest BCUT2D eigenvalue weighted by Gasteiger charge is -2.27. The smallest absolute Gasteiger partial charge is 0.270 e. The first-order valence-electron chi connectivity index (χ1n) is 9.97. The van der Waals surface area contributed by atoms with E-state index in [0.717, 1.165) is 0 Å². The van der Waals surface area contributed by atoms with Crippen molar-refractivity contribution in [3.63, 3.8) is 0 Å². The number of carbonyl (C=O) groups is 1. The number of morpholine rings is 1. The molecule has 0 bridgehead atoms. The molecule has 31 heavy (non-hydrogen) atoms. The molecule has 0 aliphatic carbocycles. The summed E-state index contributed by atoms with van der Waals surface area (Å²) in [7, 11) is 1.68. The van der Waals surface area contributed by atoms with Crippen LogP contribution in [0.1, 0.15) is 27.8 Å². The normalized spacial score (nSPS) is 15.0. The molecule has 1 aromatic carbocycles. The molecule has 1 aliphatic heterocycles. The van der Waals surface area contributed by atoms with Crippen molar-refractivity contribution in [2.45, 2.75) is 12.5 Å². The van der Waals surface area contributed by atoms with Gasteiger partial charge in [0, 0.05) is 38.8 Å². The van der Waals surface area contributed by atoms with E-state index in [1.165, 1.54) is 29.1 Å². The largest absolute Gasteiger partial charge is 0.378 e. The van der Waals surface area contributed by atoms with Crippen molar-refractivity contribution in [3.8, 4) is 0 Å². The van der Waals surface area contributed by atoms with E-state index < -0.39 is 6.04 Å². The lowest BCUT2D eigenvalue weighted by atomic mass is 10.0. The number of nitrogens with one attached hydrogen (secondary N) is 2. The van der Waals surface area contributed by atoms with Crippen LogP contribution in [0.2, 0.25) is 0 Å². The maximum atomic E-state index is 13.5. The summed E-state index contributed by atoms with van der Waals surface area (Å²) in [6.07, 6.45) is 1.80. The van der Waals surface area contributed by atoms with Crippen LogP contribution in [0.3, 0.4) is 0 Å². The van der Waals surface area contributed by atoms with Gasteiger partial charge in [-0.2, -0.15) is 5.10 Å². The molecular formula is C21H23FN6O3. The minimum absolute atomic E-state index is 0.260. The van der Waals surface area contributed by atoms with E-state index in [9.17, 15) is 14.0 Å². The molecule has 0 spiro atoms. The van der Waals surface area contributed by atoms with Gasteiger partial charge in [0.2, 0.25) is 5.95 Å². The van der Waals surface area contributed by atoms with Crippen molar-refractivity contribution in [1.82, 2.24) is 25.1 Å². The summed E-state index contributed by atoms with van der Waals surface area (Å²) in [6.45, 7) is 2.38. The average Bonchev–Trinajstić information content (AvgIpc) is 3.20. The van der Waals surface area contributed by atoms with E-state index in [1.807, 2.05) is 4.90 Å². The first-order valence-corrected chi connectivity index (χ1v) is 9.97. The van der Waals surface area contributed by atoms with Gasteiger partial charge in [0.15, 0.2) is 0 Å². The number of rotatable bonds is 6. The van der Waals surface area contributed by atoms with Crippen molar-refractivity contribution < 1.29 is 13.9 Å². The minimum Gasteiger partial charge on any atom is -0.378 e. The number of aromatic amines is 1. The van der Waals surface area contributed by atoms with Crippen molar-refractivity contribution in [1.29, 1.82) is 0 Å². The fraction of sp³-hybridized carbons (Fsp3) is 0.333. The number of ether oxygens (including phenoxy) is 1. The molecule has 3 heterocycles. The number of halogens is 1. The van der Waals surface area contributed by atoms with Gasteiger partial charge in [-0.05, 0) is 23.8 Å². The van der Waals surface area contributed by atoms with E-state index in [0.29, 0.717) is 49.2 Å². The van der Waals surface area contributed by atoms with Gasteiger partial charge in [0.1, 0.15) is 11.5 Å². The molecule has 1 atom stereocenters. The van der Waals surface area contributed by atoms with Gasteiger partial charge in [-0.3, -0.25) is 19.3 Å². The molecule has 0 unspecified atom stereocenters. The second-order valence-corrected chi connectivity index (χ2v) is 7.28. The highest BCUT2D eigenvalue weighted by Gasteiger charge is 2.21. The fourth-order valence-corrected chi connectivity index (χ4v) is 3.51. The van der Waals surface area contributed by atoms with Gasteiger partial charge >= 0.3 is 0 Å². The second-order valence-electron chi connectivity index (χ2n) is 7.28. The molecule has 3 aromatic rings. The number of hydrogen-bond donors (Lipinski definition) is 2. The average molecular weight is 426 g/mol. The number of carbonyl (C=O) groups excluding carboxylic acids is 1. The number of nitrogens with zero attached hydrogens (tertiary/aromatic N) is 4. The zero-order chi connectivity index (χ0) is 21.8. The van der Waals surface area contributed by atoms with Gasteiger partial charge in [0.25, 0.3) is 11.5 Å². The number of hydrogen-bond acceptors (Lipinski definition) is 6. The fourth-order valence-electron chi connectivity index (χ4n) is 3.51. The van der Waals surface area contributed by atoms with Crippen LogP contribution in [-0.2, 0) is 18.2 Å². The second kappa shape index (κ2) is 9.09. The van der Waals surface area contributed by atoms with Crippen molar-refractivity contribution >= 4 is 11.9 Å². The standard InChI is InChI=1S/C21H23FN6O3/c1-27-18(6-7-23-27)20(30)25-17(14-2-4-15(22)5-3-14)12-16-13-19(29)26-21(24-16)28-8-10-31-11-9-28/h2-7,13,17H,8-12H2,1H3,(H,25,30)(H,24,26,29)/t17-/m1/s1. The number of aromatic nitrogens is 4. The van der Waals surface area contributed by atoms with Gasteiger partial charge < -0.3 is 15.0 Å². The predicted molar refractivity (Wildman–Crippen MR) is 111 cm³/mol. The number of anilines is 1. The van der Waals surface area contributed by atoms with Gasteiger partial charge in [0.05, 0.1) is 24.9 Å². The van der Waals surface area contributed by atoms with Crippen LogP contribution in [0.5, 0.6) is 0 Å². The summed E-state index contributed by atoms with van der Waals surface area (Å²) < 4.78 is 20.3. The number of aryl methyl sites for hydroxylation is 1. The third-order valence-electron chi connectivity index (χ3n) is 5.14. The van der Waals surface area contributed by atoms with Gasteiger partial charge in [-0.1, -0.05) is 12.1 Å². The lowest BCUT2D eigenvalue weighted by molar-refractivity contribution is 0.0926. The quantitative estimate of drug-likeness (QED) is 0.614. The molecule has 1 saturated heterocycles. The third kappa shape index (κ3) is 4.97. The van der Waals surface area contributed by atoms with Crippen LogP contribution in [0.4, 0.5) is 10.3 Å². The molecule has 9 nitrogen and oxygen atoms in total. The number of amides is 1. The molecule has 0 radical (unpaired) electrons. The van der Waals surface area contributed by atoms with E-state index in [-0.39, 0.29) is 23.7 Å². The lowest BCUT2D eigenvalue weighted by Crippen LogP contribution is -2.38. The minimum atomic E-state index is -0.519.